The summed E-state index contributed by atoms with van der Waals surface area (Å²) in [7, 11) is -3.50. The van der Waals surface area contributed by atoms with Gasteiger partial charge in [0.25, 0.3) is 0 Å². The highest BCUT2D eigenvalue weighted by Gasteiger charge is 2.31. The highest BCUT2D eigenvalue weighted by Crippen LogP contribution is 2.37. The van der Waals surface area contributed by atoms with Crippen LogP contribution in [-0.4, -0.2) is 25.5 Å². The summed E-state index contributed by atoms with van der Waals surface area (Å²) >= 11 is 8.56. The third-order valence-corrected chi connectivity index (χ3v) is 8.19. The first-order valence-corrected chi connectivity index (χ1v) is 10.4. The fourth-order valence-corrected chi connectivity index (χ4v) is 6.32. The highest BCUT2D eigenvalue weighted by molar-refractivity contribution is 9.11. The third kappa shape index (κ3) is 3.80. The normalized spacial score (nSPS) is 23.2. The zero-order chi connectivity index (χ0) is 15.0. The fraction of sp³-hybridized carbons (Fsp3) is 0.538. The molecule has 0 aromatic heterocycles. The van der Waals surface area contributed by atoms with Crippen molar-refractivity contribution in [1.82, 2.24) is 4.72 Å². The van der Waals surface area contributed by atoms with Crippen LogP contribution in [0.5, 0.6) is 0 Å². The van der Waals surface area contributed by atoms with Gasteiger partial charge in [-0.05, 0) is 66.1 Å². The van der Waals surface area contributed by atoms with Gasteiger partial charge in [-0.2, -0.15) is 11.8 Å². The molecule has 0 saturated carbocycles. The largest absolute Gasteiger partial charge is 0.241 e. The van der Waals surface area contributed by atoms with Crippen molar-refractivity contribution in [2.75, 3.05) is 12.3 Å². The molecule has 1 aliphatic heterocycles. The van der Waals surface area contributed by atoms with Crippen molar-refractivity contribution < 1.29 is 8.42 Å². The van der Waals surface area contributed by atoms with Crippen molar-refractivity contribution in [3.63, 3.8) is 0 Å². The Morgan fingerprint density at radius 2 is 2.05 bits per heavy atom. The van der Waals surface area contributed by atoms with Crippen LogP contribution >= 0.6 is 43.6 Å². The standard InChI is InChI=1S/C13H17Br2NO2S2/c1-9-6-11(15)12(7-10(9)14)20(17,18)16-8-13(2)4-3-5-19-13/h6-7,16H,3-5,8H2,1-2H3. The molecular formula is C13H17Br2NO2S2. The number of benzene rings is 1. The topological polar surface area (TPSA) is 46.2 Å². The van der Waals surface area contributed by atoms with E-state index in [9.17, 15) is 8.42 Å². The van der Waals surface area contributed by atoms with E-state index in [0.29, 0.717) is 11.0 Å². The van der Waals surface area contributed by atoms with Gasteiger partial charge in [-0.15, -0.1) is 0 Å². The van der Waals surface area contributed by atoms with Crippen LogP contribution in [0.4, 0.5) is 0 Å². The summed E-state index contributed by atoms with van der Waals surface area (Å²) in [5.41, 5.74) is 0.995. The minimum Gasteiger partial charge on any atom is -0.210 e. The van der Waals surface area contributed by atoms with Gasteiger partial charge in [0.2, 0.25) is 10.0 Å². The zero-order valence-corrected chi connectivity index (χ0v) is 16.2. The Morgan fingerprint density at radius 3 is 2.65 bits per heavy atom. The molecule has 1 atom stereocenters. The van der Waals surface area contributed by atoms with Crippen LogP contribution < -0.4 is 4.72 Å². The predicted molar refractivity (Wildman–Crippen MR) is 91.9 cm³/mol. The molecule has 1 aromatic rings. The molecule has 0 aliphatic carbocycles. The maximum Gasteiger partial charge on any atom is 0.241 e. The molecule has 20 heavy (non-hydrogen) atoms. The van der Waals surface area contributed by atoms with Gasteiger partial charge in [0.1, 0.15) is 0 Å². The van der Waals surface area contributed by atoms with Gasteiger partial charge in [-0.1, -0.05) is 15.9 Å². The Morgan fingerprint density at radius 1 is 1.35 bits per heavy atom. The lowest BCUT2D eigenvalue weighted by Crippen LogP contribution is -2.36. The van der Waals surface area contributed by atoms with Crippen LogP contribution in [0, 0.1) is 6.92 Å². The quantitative estimate of drug-likeness (QED) is 0.763. The number of hydrogen-bond acceptors (Lipinski definition) is 3. The molecule has 7 heteroatoms. The number of aryl methyl sites for hydroxylation is 1. The predicted octanol–water partition coefficient (Wildman–Crippen LogP) is 4.08. The second kappa shape index (κ2) is 6.28. The lowest BCUT2D eigenvalue weighted by atomic mass is 10.1. The summed E-state index contributed by atoms with van der Waals surface area (Å²) in [4.78, 5) is 0.279. The highest BCUT2D eigenvalue weighted by atomic mass is 79.9. The number of rotatable bonds is 4. The summed E-state index contributed by atoms with van der Waals surface area (Å²) in [6.45, 7) is 4.51. The minimum absolute atomic E-state index is 0.0154. The molecule has 112 valence electrons. The van der Waals surface area contributed by atoms with Gasteiger partial charge < -0.3 is 0 Å². The SMILES string of the molecule is Cc1cc(Br)c(S(=O)(=O)NCC2(C)CCCS2)cc1Br. The van der Waals surface area contributed by atoms with Gasteiger partial charge in [0, 0.05) is 20.2 Å². The number of hydrogen-bond donors (Lipinski definition) is 1. The van der Waals surface area contributed by atoms with Gasteiger partial charge in [0.05, 0.1) is 4.90 Å². The molecule has 0 radical (unpaired) electrons. The second-order valence-corrected chi connectivity index (χ2v) is 10.4. The van der Waals surface area contributed by atoms with E-state index in [1.807, 2.05) is 24.8 Å². The first kappa shape index (κ1) is 16.8. The smallest absolute Gasteiger partial charge is 0.210 e. The van der Waals surface area contributed by atoms with Crippen molar-refractivity contribution in [2.45, 2.75) is 36.3 Å². The minimum atomic E-state index is -3.50. The summed E-state index contributed by atoms with van der Waals surface area (Å²) in [6, 6.07) is 3.45. The number of nitrogens with one attached hydrogen (secondary N) is 1. The lowest BCUT2D eigenvalue weighted by molar-refractivity contribution is 0.552. The molecule has 0 bridgehead atoms. The van der Waals surface area contributed by atoms with Crippen LogP contribution in [0.25, 0.3) is 0 Å². The van der Waals surface area contributed by atoms with E-state index in [2.05, 4.69) is 43.5 Å². The van der Waals surface area contributed by atoms with E-state index < -0.39 is 10.0 Å². The Balaban J connectivity index is 2.20. The van der Waals surface area contributed by atoms with Crippen LogP contribution in [0.1, 0.15) is 25.3 Å². The molecule has 1 fully saturated rings. The van der Waals surface area contributed by atoms with Gasteiger partial charge in [-0.25, -0.2) is 13.1 Å². The summed E-state index contributed by atoms with van der Waals surface area (Å²) in [5.74, 6) is 1.11. The summed E-state index contributed by atoms with van der Waals surface area (Å²) < 4.78 is 29.0. The maximum atomic E-state index is 12.4. The zero-order valence-electron chi connectivity index (χ0n) is 11.4. The molecular weight excluding hydrogens is 426 g/mol. The van der Waals surface area contributed by atoms with Gasteiger partial charge in [-0.3, -0.25) is 0 Å². The Kier molecular flexibility index (Phi) is 5.28. The molecule has 1 aromatic carbocycles. The molecule has 3 nitrogen and oxygen atoms in total. The molecule has 1 heterocycles. The number of sulfonamides is 1. The fourth-order valence-electron chi connectivity index (χ4n) is 2.14. The third-order valence-electron chi connectivity index (χ3n) is 3.44. The van der Waals surface area contributed by atoms with Gasteiger partial charge >= 0.3 is 0 Å². The molecule has 0 spiro atoms. The summed E-state index contributed by atoms with van der Waals surface area (Å²) in [6.07, 6.45) is 2.21. The van der Waals surface area contributed by atoms with Crippen molar-refractivity contribution >= 4 is 53.6 Å². The van der Waals surface area contributed by atoms with Crippen LogP contribution in [0.15, 0.2) is 26.0 Å². The summed E-state index contributed by atoms with van der Waals surface area (Å²) in [5, 5.41) is 0. The molecule has 0 amide bonds. The van der Waals surface area contributed by atoms with E-state index in [1.54, 1.807) is 6.07 Å². The van der Waals surface area contributed by atoms with E-state index in [4.69, 9.17) is 0 Å². The van der Waals surface area contributed by atoms with E-state index in [1.165, 1.54) is 0 Å². The van der Waals surface area contributed by atoms with Crippen LogP contribution in [0.3, 0.4) is 0 Å². The first-order chi connectivity index (χ1) is 9.23. The number of halogens is 2. The van der Waals surface area contributed by atoms with Crippen molar-refractivity contribution in [3.8, 4) is 0 Å². The van der Waals surface area contributed by atoms with Crippen molar-refractivity contribution in [2.24, 2.45) is 0 Å². The van der Waals surface area contributed by atoms with E-state index >= 15 is 0 Å². The lowest BCUT2D eigenvalue weighted by Gasteiger charge is -2.23. The average Bonchev–Trinajstić information content (AvgIpc) is 2.79. The second-order valence-electron chi connectivity index (χ2n) is 5.26. The van der Waals surface area contributed by atoms with Crippen molar-refractivity contribution in [3.05, 3.63) is 26.6 Å². The molecule has 1 aliphatic rings. The Labute approximate surface area is 141 Å². The van der Waals surface area contributed by atoms with Crippen molar-refractivity contribution in [1.29, 1.82) is 0 Å². The van der Waals surface area contributed by atoms with Gasteiger partial charge in [0.15, 0.2) is 0 Å². The Hall–Kier alpha value is 0.440. The molecule has 1 N–H and O–H groups in total. The monoisotopic (exact) mass is 441 g/mol. The number of thioether (sulfide) groups is 1. The molecule has 2 rings (SSSR count). The molecule has 1 unspecified atom stereocenters. The van der Waals surface area contributed by atoms with Crippen LogP contribution in [-0.2, 0) is 10.0 Å². The molecule has 1 saturated heterocycles. The average molecular weight is 443 g/mol. The first-order valence-electron chi connectivity index (χ1n) is 6.33. The van der Waals surface area contributed by atoms with E-state index in [0.717, 1.165) is 28.6 Å². The Bertz CT molecular complexity index is 611. The van der Waals surface area contributed by atoms with Crippen LogP contribution in [0.2, 0.25) is 0 Å². The van der Waals surface area contributed by atoms with E-state index in [-0.39, 0.29) is 9.64 Å². The maximum absolute atomic E-state index is 12.4.